The minimum Gasteiger partial charge on any atom is -0.0887 e. The Morgan fingerprint density at radius 2 is 1.75 bits per heavy atom. The van der Waals surface area contributed by atoms with Crippen molar-refractivity contribution in [3.63, 3.8) is 0 Å². The molecule has 3 fully saturated rings. The molecule has 4 rings (SSSR count). The van der Waals surface area contributed by atoms with Gasteiger partial charge >= 0.3 is 0 Å². The van der Waals surface area contributed by atoms with E-state index < -0.39 is 0 Å². The monoisotopic (exact) mass is 436 g/mol. The van der Waals surface area contributed by atoms with Gasteiger partial charge in [0.1, 0.15) is 0 Å². The molecule has 1 heteroatoms. The van der Waals surface area contributed by atoms with E-state index in [1.54, 1.807) is 0 Å². The lowest BCUT2D eigenvalue weighted by molar-refractivity contribution is -0.0529. The second kappa shape index (κ2) is 10.2. The maximum atomic E-state index is 5.75. The normalized spacial score (nSPS) is 42.2. The van der Waals surface area contributed by atoms with E-state index in [9.17, 15) is 0 Å². The van der Waals surface area contributed by atoms with Gasteiger partial charge in [-0.2, -0.15) is 0 Å². The lowest BCUT2D eigenvalue weighted by Crippen LogP contribution is -2.50. The maximum Gasteiger partial charge on any atom is 0.0653 e. The second-order valence-electron chi connectivity index (χ2n) is 13.7. The third kappa shape index (κ3) is 4.67. The third-order valence-electron chi connectivity index (χ3n) is 11.5. The minimum absolute atomic E-state index is 0.523. The molecule has 180 valence electrons. The summed E-state index contributed by atoms with van der Waals surface area (Å²) in [5.41, 5.74) is 3.03. The average Bonchev–Trinajstić information content (AvgIpc) is 3.11. The zero-order valence-electron chi connectivity index (χ0n) is 22.3. The van der Waals surface area contributed by atoms with E-state index in [2.05, 4.69) is 40.7 Å². The van der Waals surface area contributed by atoms with Crippen molar-refractivity contribution in [2.24, 2.45) is 52.3 Å². The van der Waals surface area contributed by atoms with Crippen LogP contribution in [-0.4, -0.2) is 7.85 Å². The van der Waals surface area contributed by atoms with E-state index in [1.807, 2.05) is 5.57 Å². The van der Waals surface area contributed by atoms with Gasteiger partial charge in [-0.15, -0.1) is 0 Å². The quantitative estimate of drug-likeness (QED) is 0.192. The Balaban J connectivity index is 1.42. The lowest BCUT2D eigenvalue weighted by atomic mass is 9.46. The maximum absolute atomic E-state index is 5.75. The minimum atomic E-state index is 0.523. The van der Waals surface area contributed by atoms with Crippen LogP contribution in [-0.2, 0) is 0 Å². The van der Waals surface area contributed by atoms with Crippen molar-refractivity contribution in [2.45, 2.75) is 131 Å². The zero-order valence-corrected chi connectivity index (χ0v) is 22.3. The Morgan fingerprint density at radius 1 is 0.938 bits per heavy atom. The number of hydrogen-bond donors (Lipinski definition) is 0. The predicted molar refractivity (Wildman–Crippen MR) is 141 cm³/mol. The molecule has 0 aromatic rings. The van der Waals surface area contributed by atoms with E-state index >= 15 is 0 Å². The van der Waals surface area contributed by atoms with E-state index in [0.717, 1.165) is 47.7 Å². The molecule has 0 aliphatic heterocycles. The molecule has 0 heterocycles. The SMILES string of the molecule is [B]CCCC[C@H]1CC[C@@]2(C)C(=CC[C@H]3[C@@H]4CC[C@H]([C@H](C)CCCC(C)C)[C@@]4(C)CC[C@@H]32)C1. The fourth-order valence-electron chi connectivity index (χ4n) is 9.58. The van der Waals surface area contributed by atoms with E-state index in [1.165, 1.54) is 89.9 Å². The molecule has 0 N–H and O–H groups in total. The van der Waals surface area contributed by atoms with Crippen LogP contribution in [0.4, 0.5) is 0 Å². The first-order chi connectivity index (χ1) is 15.3. The van der Waals surface area contributed by atoms with Crippen LogP contribution < -0.4 is 0 Å². The Kier molecular flexibility index (Phi) is 7.94. The first kappa shape index (κ1) is 24.9. The predicted octanol–water partition coefficient (Wildman–Crippen LogP) is 9.40. The highest BCUT2D eigenvalue weighted by molar-refractivity contribution is 6.08. The van der Waals surface area contributed by atoms with Crippen LogP contribution in [0.5, 0.6) is 0 Å². The number of hydrogen-bond acceptors (Lipinski definition) is 0. The highest BCUT2D eigenvalue weighted by Crippen LogP contribution is 2.67. The number of allylic oxidation sites excluding steroid dienone is 2. The Bertz CT molecular complexity index is 649. The summed E-state index contributed by atoms with van der Waals surface area (Å²) in [6.45, 7) is 12.8. The van der Waals surface area contributed by atoms with E-state index in [0.29, 0.717) is 10.8 Å². The molecule has 0 amide bonds. The molecule has 0 bridgehead atoms. The summed E-state index contributed by atoms with van der Waals surface area (Å²) in [6, 6.07) is 0. The molecular weight excluding hydrogens is 383 g/mol. The van der Waals surface area contributed by atoms with Crippen molar-refractivity contribution < 1.29 is 0 Å². The van der Waals surface area contributed by atoms with Crippen molar-refractivity contribution >= 4 is 7.85 Å². The molecule has 0 saturated heterocycles. The second-order valence-corrected chi connectivity index (χ2v) is 13.7. The summed E-state index contributed by atoms with van der Waals surface area (Å²) in [6.07, 6.45) is 23.8. The van der Waals surface area contributed by atoms with Crippen LogP contribution in [0.2, 0.25) is 6.32 Å². The van der Waals surface area contributed by atoms with Crippen molar-refractivity contribution in [3.05, 3.63) is 11.6 Å². The van der Waals surface area contributed by atoms with Gasteiger partial charge in [-0.3, -0.25) is 0 Å². The molecule has 0 unspecified atom stereocenters. The number of rotatable bonds is 9. The lowest BCUT2D eigenvalue weighted by Gasteiger charge is -2.58. The zero-order chi connectivity index (χ0) is 22.9. The van der Waals surface area contributed by atoms with Crippen LogP contribution in [0, 0.1) is 52.3 Å². The van der Waals surface area contributed by atoms with Crippen LogP contribution in [0.15, 0.2) is 11.6 Å². The average molecular weight is 437 g/mol. The largest absolute Gasteiger partial charge is 0.0887 e. The van der Waals surface area contributed by atoms with Crippen molar-refractivity contribution in [1.29, 1.82) is 0 Å². The van der Waals surface area contributed by atoms with Gasteiger partial charge in [0.05, 0.1) is 7.85 Å². The summed E-state index contributed by atoms with van der Waals surface area (Å²) >= 11 is 0. The summed E-state index contributed by atoms with van der Waals surface area (Å²) < 4.78 is 0. The summed E-state index contributed by atoms with van der Waals surface area (Å²) in [5.74, 6) is 6.66. The fourth-order valence-corrected chi connectivity index (χ4v) is 9.58. The van der Waals surface area contributed by atoms with Crippen molar-refractivity contribution in [2.75, 3.05) is 0 Å². The molecule has 3 saturated carbocycles. The van der Waals surface area contributed by atoms with E-state index in [4.69, 9.17) is 7.85 Å². The smallest absolute Gasteiger partial charge is 0.0653 e. The molecule has 0 aromatic heterocycles. The number of unbranched alkanes of at least 4 members (excludes halogenated alkanes) is 1. The topological polar surface area (TPSA) is 0 Å². The number of fused-ring (bicyclic) bond motifs is 5. The Morgan fingerprint density at radius 3 is 2.50 bits per heavy atom. The first-order valence-electron chi connectivity index (χ1n) is 14.7. The molecule has 0 nitrogen and oxygen atoms in total. The highest BCUT2D eigenvalue weighted by atomic mass is 14.6. The van der Waals surface area contributed by atoms with Gasteiger partial charge in [0.15, 0.2) is 0 Å². The summed E-state index contributed by atoms with van der Waals surface area (Å²) in [5, 5.41) is 0. The molecule has 2 radical (unpaired) electrons. The molecule has 4 aliphatic carbocycles. The third-order valence-corrected chi connectivity index (χ3v) is 11.5. The Hall–Kier alpha value is -0.195. The van der Waals surface area contributed by atoms with Gasteiger partial charge in [0, 0.05) is 0 Å². The van der Waals surface area contributed by atoms with Gasteiger partial charge in [0.2, 0.25) is 0 Å². The molecular formula is C31H53B. The van der Waals surface area contributed by atoms with Crippen molar-refractivity contribution in [1.82, 2.24) is 0 Å². The van der Waals surface area contributed by atoms with E-state index in [-0.39, 0.29) is 0 Å². The molecule has 8 atom stereocenters. The van der Waals surface area contributed by atoms with Crippen LogP contribution in [0.1, 0.15) is 125 Å². The molecule has 4 aliphatic rings. The fraction of sp³-hybridized carbons (Fsp3) is 0.935. The van der Waals surface area contributed by atoms with Gasteiger partial charge in [-0.1, -0.05) is 91.1 Å². The van der Waals surface area contributed by atoms with Crippen molar-refractivity contribution in [3.8, 4) is 0 Å². The van der Waals surface area contributed by atoms with Crippen LogP contribution >= 0.6 is 0 Å². The molecule has 32 heavy (non-hydrogen) atoms. The van der Waals surface area contributed by atoms with Gasteiger partial charge in [-0.25, -0.2) is 0 Å². The summed E-state index contributed by atoms with van der Waals surface area (Å²) in [4.78, 5) is 0. The molecule has 0 aromatic carbocycles. The standard InChI is InChI=1S/C31H53B/c1-22(2)9-8-10-23(3)27-14-15-28-26-13-12-25-21-24(11-6-7-20-32)16-18-30(25,4)29(26)17-19-31(27,28)5/h12,22-24,26-29H,6-11,13-21H2,1-5H3/t23-,24+,26+,27-,28+,29+,30+,31-/m1/s1. The molecule has 0 spiro atoms. The van der Waals surface area contributed by atoms with Gasteiger partial charge < -0.3 is 0 Å². The van der Waals surface area contributed by atoms with Gasteiger partial charge in [-0.05, 0) is 104 Å². The Labute approximate surface area is 202 Å². The summed E-state index contributed by atoms with van der Waals surface area (Å²) in [7, 11) is 5.75. The van der Waals surface area contributed by atoms with Crippen LogP contribution in [0.25, 0.3) is 0 Å². The highest BCUT2D eigenvalue weighted by Gasteiger charge is 2.59. The van der Waals surface area contributed by atoms with Gasteiger partial charge in [0.25, 0.3) is 0 Å². The first-order valence-corrected chi connectivity index (χ1v) is 14.7. The van der Waals surface area contributed by atoms with Crippen LogP contribution in [0.3, 0.4) is 0 Å².